The summed E-state index contributed by atoms with van der Waals surface area (Å²) >= 11 is 5.95. The molecule has 3 N–H and O–H groups in total. The van der Waals surface area contributed by atoms with Gasteiger partial charge in [0.1, 0.15) is 6.33 Å². The molecule has 0 aliphatic carbocycles. The summed E-state index contributed by atoms with van der Waals surface area (Å²) in [5, 5.41) is 14.4. The van der Waals surface area contributed by atoms with Crippen molar-refractivity contribution < 1.29 is 9.72 Å². The van der Waals surface area contributed by atoms with E-state index in [-0.39, 0.29) is 16.8 Å². The zero-order valence-electron chi connectivity index (χ0n) is 13.5. The third-order valence-corrected chi connectivity index (χ3v) is 3.56. The van der Waals surface area contributed by atoms with Crippen molar-refractivity contribution in [3.63, 3.8) is 0 Å². The van der Waals surface area contributed by atoms with Crippen molar-refractivity contribution in [1.82, 2.24) is 25.4 Å². The van der Waals surface area contributed by atoms with Gasteiger partial charge in [0.2, 0.25) is 11.6 Å². The number of rotatable bonds is 6. The maximum Gasteiger partial charge on any atom is 0.355 e. The lowest BCUT2D eigenvalue weighted by atomic mass is 10.3. The Kier molecular flexibility index (Phi) is 5.33. The molecule has 0 fully saturated rings. The fourth-order valence-corrected chi connectivity index (χ4v) is 2.20. The average Bonchev–Trinajstić information content (AvgIpc) is 2.68. The van der Waals surface area contributed by atoms with Crippen molar-refractivity contribution >= 4 is 40.5 Å². The van der Waals surface area contributed by atoms with Crippen molar-refractivity contribution in [3.8, 4) is 0 Å². The molecule has 0 spiro atoms. The number of halogens is 1. The zero-order chi connectivity index (χ0) is 19.2. The number of nitrogens with one attached hydrogen (secondary N) is 3. The molecule has 0 saturated carbocycles. The summed E-state index contributed by atoms with van der Waals surface area (Å²) in [5.74, 6) is -0.847. The van der Waals surface area contributed by atoms with E-state index in [4.69, 9.17) is 11.6 Å². The molecule has 0 radical (unpaired) electrons. The second kappa shape index (κ2) is 8.01. The van der Waals surface area contributed by atoms with E-state index in [1.54, 1.807) is 12.1 Å². The summed E-state index contributed by atoms with van der Waals surface area (Å²) in [6, 6.07) is 6.17. The predicted molar refractivity (Wildman–Crippen MR) is 96.5 cm³/mol. The van der Waals surface area contributed by atoms with E-state index in [0.717, 1.165) is 6.33 Å². The Morgan fingerprint density at radius 3 is 2.52 bits per heavy atom. The van der Waals surface area contributed by atoms with E-state index in [9.17, 15) is 14.9 Å². The number of hydrazine groups is 1. The van der Waals surface area contributed by atoms with Crippen LogP contribution < -0.4 is 16.2 Å². The minimum absolute atomic E-state index is 0.117. The summed E-state index contributed by atoms with van der Waals surface area (Å²) in [7, 11) is 0. The number of pyridine rings is 2. The highest BCUT2D eigenvalue weighted by molar-refractivity contribution is 6.32. The maximum absolute atomic E-state index is 12.1. The van der Waals surface area contributed by atoms with Crippen LogP contribution >= 0.6 is 11.6 Å². The first-order chi connectivity index (χ1) is 13.1. The highest BCUT2D eigenvalue weighted by Gasteiger charge is 2.24. The molecular weight excluding hydrogens is 376 g/mol. The van der Waals surface area contributed by atoms with Crippen LogP contribution in [-0.2, 0) is 0 Å². The van der Waals surface area contributed by atoms with E-state index in [1.807, 2.05) is 0 Å². The van der Waals surface area contributed by atoms with Crippen molar-refractivity contribution in [2.45, 2.75) is 0 Å². The van der Waals surface area contributed by atoms with Crippen molar-refractivity contribution in [2.24, 2.45) is 0 Å². The summed E-state index contributed by atoms with van der Waals surface area (Å²) in [5.41, 5.74) is 4.93. The van der Waals surface area contributed by atoms with E-state index >= 15 is 0 Å². The molecule has 3 heterocycles. The van der Waals surface area contributed by atoms with E-state index in [2.05, 4.69) is 36.1 Å². The molecule has 0 unspecified atom stereocenters. The summed E-state index contributed by atoms with van der Waals surface area (Å²) in [6.45, 7) is 0. The molecule has 0 aliphatic rings. The van der Waals surface area contributed by atoms with Crippen molar-refractivity contribution in [1.29, 1.82) is 0 Å². The third kappa shape index (κ3) is 4.22. The van der Waals surface area contributed by atoms with Gasteiger partial charge in [0.15, 0.2) is 5.15 Å². The third-order valence-electron chi connectivity index (χ3n) is 3.25. The Balaban J connectivity index is 1.84. The molecule has 0 atom stereocenters. The number of nitrogens with zero attached hydrogens (tertiary/aromatic N) is 5. The van der Waals surface area contributed by atoms with Gasteiger partial charge in [-0.1, -0.05) is 11.6 Å². The first-order valence-corrected chi connectivity index (χ1v) is 7.77. The predicted octanol–water partition coefficient (Wildman–Crippen LogP) is 2.33. The number of carbonyl (C=O) groups is 1. The SMILES string of the molecule is O=C(NNc1ncnc(Nc2cccnc2Cl)c1[N+](=O)[O-])c1ccncc1. The zero-order valence-corrected chi connectivity index (χ0v) is 14.2. The monoisotopic (exact) mass is 386 g/mol. The lowest BCUT2D eigenvalue weighted by Crippen LogP contribution is -2.30. The van der Waals surface area contributed by atoms with Crippen LogP contribution in [-0.4, -0.2) is 30.8 Å². The standard InChI is InChI=1S/C15H11ClN8O3/c16-12-10(2-1-5-18-12)21-13-11(24(26)27)14(20-8-19-13)22-23-15(25)9-3-6-17-7-4-9/h1-8H,(H,23,25)(H2,19,20,21,22). The Hall–Kier alpha value is -3.86. The first-order valence-electron chi connectivity index (χ1n) is 7.39. The van der Waals surface area contributed by atoms with E-state index in [0.29, 0.717) is 11.3 Å². The quantitative estimate of drug-likeness (QED) is 0.329. The van der Waals surface area contributed by atoms with Gasteiger partial charge in [-0.3, -0.25) is 30.7 Å². The number of hydrogen-bond acceptors (Lipinski definition) is 9. The first kappa shape index (κ1) is 17.9. The normalized spacial score (nSPS) is 10.1. The van der Waals surface area contributed by atoms with Gasteiger partial charge < -0.3 is 5.32 Å². The summed E-state index contributed by atoms with van der Waals surface area (Å²) < 4.78 is 0. The van der Waals surface area contributed by atoms with E-state index < -0.39 is 16.5 Å². The molecular formula is C15H11ClN8O3. The van der Waals surface area contributed by atoms with Gasteiger partial charge in [-0.05, 0) is 24.3 Å². The summed E-state index contributed by atoms with van der Waals surface area (Å²) in [6.07, 6.45) is 5.47. The lowest BCUT2D eigenvalue weighted by molar-refractivity contribution is -0.383. The Morgan fingerprint density at radius 1 is 1.07 bits per heavy atom. The maximum atomic E-state index is 12.1. The molecule has 11 nitrogen and oxygen atoms in total. The molecule has 3 aromatic heterocycles. The number of amides is 1. The van der Waals surface area contributed by atoms with Crippen LogP contribution in [0.4, 0.5) is 23.0 Å². The highest BCUT2D eigenvalue weighted by atomic mass is 35.5. The van der Waals surface area contributed by atoms with Crippen LogP contribution in [0.2, 0.25) is 5.15 Å². The smallest absolute Gasteiger partial charge is 0.332 e. The van der Waals surface area contributed by atoms with Gasteiger partial charge in [0, 0.05) is 24.2 Å². The average molecular weight is 387 g/mol. The highest BCUT2D eigenvalue weighted by Crippen LogP contribution is 2.32. The van der Waals surface area contributed by atoms with Gasteiger partial charge >= 0.3 is 5.69 Å². The molecule has 136 valence electrons. The number of nitro groups is 1. The topological polar surface area (TPSA) is 148 Å². The van der Waals surface area contributed by atoms with Crippen LogP contribution in [0.5, 0.6) is 0 Å². The van der Waals surface area contributed by atoms with Gasteiger partial charge in [-0.15, -0.1) is 0 Å². The molecule has 12 heteroatoms. The second-order valence-electron chi connectivity index (χ2n) is 4.96. The van der Waals surface area contributed by atoms with Crippen LogP contribution in [0, 0.1) is 10.1 Å². The molecule has 1 amide bonds. The number of carbonyl (C=O) groups excluding carboxylic acids is 1. The van der Waals surface area contributed by atoms with Gasteiger partial charge in [-0.2, -0.15) is 0 Å². The van der Waals surface area contributed by atoms with Crippen LogP contribution in [0.1, 0.15) is 10.4 Å². The molecule has 0 aliphatic heterocycles. The molecule has 0 bridgehead atoms. The minimum atomic E-state index is -0.687. The molecule has 0 saturated heterocycles. The molecule has 3 rings (SSSR count). The van der Waals surface area contributed by atoms with Gasteiger partial charge in [0.25, 0.3) is 5.91 Å². The fraction of sp³-hybridized carbons (Fsp3) is 0. The Bertz CT molecular complexity index is 986. The summed E-state index contributed by atoms with van der Waals surface area (Å²) in [4.78, 5) is 38.3. The molecule has 27 heavy (non-hydrogen) atoms. The largest absolute Gasteiger partial charge is 0.355 e. The van der Waals surface area contributed by atoms with Crippen LogP contribution in [0.15, 0.2) is 49.2 Å². The van der Waals surface area contributed by atoms with Gasteiger partial charge in [0.05, 0.1) is 10.6 Å². The van der Waals surface area contributed by atoms with Crippen LogP contribution in [0.25, 0.3) is 0 Å². The van der Waals surface area contributed by atoms with Crippen molar-refractivity contribution in [2.75, 3.05) is 10.7 Å². The number of hydrogen-bond donors (Lipinski definition) is 3. The number of aromatic nitrogens is 4. The molecule has 0 aromatic carbocycles. The lowest BCUT2D eigenvalue weighted by Gasteiger charge is -2.11. The second-order valence-corrected chi connectivity index (χ2v) is 5.32. The van der Waals surface area contributed by atoms with Crippen molar-refractivity contribution in [3.05, 3.63) is 70.0 Å². The van der Waals surface area contributed by atoms with Gasteiger partial charge in [-0.25, -0.2) is 15.0 Å². The minimum Gasteiger partial charge on any atom is -0.332 e. The van der Waals surface area contributed by atoms with Crippen LogP contribution in [0.3, 0.4) is 0 Å². The fourth-order valence-electron chi connectivity index (χ4n) is 2.03. The molecule has 3 aromatic rings. The number of anilines is 3. The van der Waals surface area contributed by atoms with E-state index in [1.165, 1.54) is 30.7 Å². The Labute approximate surface area is 157 Å². The Morgan fingerprint density at radius 2 is 1.81 bits per heavy atom.